The molecule has 5 nitrogen and oxygen atoms in total. The monoisotopic (exact) mass is 606 g/mol. The van der Waals surface area contributed by atoms with E-state index in [0.29, 0.717) is 17.1 Å². The minimum atomic E-state index is -0.205. The van der Waals surface area contributed by atoms with E-state index < -0.39 is 0 Å². The van der Waals surface area contributed by atoms with Crippen molar-refractivity contribution in [1.82, 2.24) is 9.62 Å². The van der Waals surface area contributed by atoms with Crippen molar-refractivity contribution >= 4 is 29.6 Å². The second kappa shape index (κ2) is 19.9. The quantitative estimate of drug-likeness (QED) is 0.106. The molecule has 3 rings (SSSR count). The molecule has 0 fully saturated rings. The van der Waals surface area contributed by atoms with Crippen LogP contribution in [0.3, 0.4) is 0 Å². The van der Waals surface area contributed by atoms with Gasteiger partial charge in [0.25, 0.3) is 5.91 Å². The third-order valence-corrected chi connectivity index (χ3v) is 7.94. The van der Waals surface area contributed by atoms with Crippen LogP contribution in [0, 0.1) is 0 Å². The molecule has 0 saturated heterocycles. The molecule has 0 aliphatic rings. The maximum atomic E-state index is 12.7. The van der Waals surface area contributed by atoms with E-state index in [1.807, 2.05) is 25.6 Å². The van der Waals surface area contributed by atoms with Crippen LogP contribution in [0.4, 0.5) is 0 Å². The Kier molecular flexibility index (Phi) is 16.6. The van der Waals surface area contributed by atoms with Crippen LogP contribution in [-0.4, -0.2) is 43.9 Å². The van der Waals surface area contributed by atoms with E-state index in [1.165, 1.54) is 33.6 Å². The topological polar surface area (TPSA) is 50.8 Å². The first-order valence-corrected chi connectivity index (χ1v) is 16.2. The maximum Gasteiger partial charge on any atom is 0.261 e. The fourth-order valence-electron chi connectivity index (χ4n) is 3.90. The Labute approximate surface area is 261 Å². The number of allylic oxidation sites excluding steroid dienone is 3. The van der Waals surface area contributed by atoms with Crippen molar-refractivity contribution in [3.05, 3.63) is 107 Å². The van der Waals surface area contributed by atoms with Gasteiger partial charge in [-0.05, 0) is 74.2 Å². The molecule has 0 aliphatic carbocycles. The van der Waals surface area contributed by atoms with Crippen molar-refractivity contribution in [2.24, 2.45) is 0 Å². The van der Waals surface area contributed by atoms with Gasteiger partial charge in [-0.3, -0.25) is 14.4 Å². The summed E-state index contributed by atoms with van der Waals surface area (Å²) in [6.45, 7) is 13.3. The number of amides is 1. The molecular weight excluding hydrogens is 561 g/mol. The lowest BCUT2D eigenvalue weighted by molar-refractivity contribution is 0.0983. The molecule has 226 valence electrons. The Morgan fingerprint density at radius 2 is 1.52 bits per heavy atom. The Balaban J connectivity index is 0.00000301. The van der Waals surface area contributed by atoms with Gasteiger partial charge < -0.3 is 9.47 Å². The highest BCUT2D eigenvalue weighted by Crippen LogP contribution is 2.24. The second-order valence-electron chi connectivity index (χ2n) is 9.57. The van der Waals surface area contributed by atoms with Crippen LogP contribution in [0.2, 0.25) is 0 Å². The molecular formula is C35H46N2O3S2. The molecule has 0 bridgehead atoms. The number of methoxy groups -OCH3 is 2. The third-order valence-electron chi connectivity index (χ3n) is 6.16. The summed E-state index contributed by atoms with van der Waals surface area (Å²) < 4.78 is 13.5. The summed E-state index contributed by atoms with van der Waals surface area (Å²) in [6, 6.07) is 24.1. The van der Waals surface area contributed by atoms with Crippen LogP contribution in [-0.2, 0) is 6.54 Å². The van der Waals surface area contributed by atoms with Crippen LogP contribution >= 0.6 is 23.7 Å². The number of carbonyl (C=O) groups is 1. The molecule has 0 aliphatic heterocycles. The van der Waals surface area contributed by atoms with Gasteiger partial charge in [0.15, 0.2) is 0 Å². The first kappa shape index (κ1) is 35.1. The average Bonchev–Trinajstić information content (AvgIpc) is 3.03. The molecule has 0 unspecified atom stereocenters. The van der Waals surface area contributed by atoms with Crippen molar-refractivity contribution in [2.75, 3.05) is 33.1 Å². The van der Waals surface area contributed by atoms with Gasteiger partial charge in [0, 0.05) is 46.8 Å². The molecule has 7 heteroatoms. The van der Waals surface area contributed by atoms with Crippen molar-refractivity contribution in [2.45, 2.75) is 57.4 Å². The van der Waals surface area contributed by atoms with Crippen LogP contribution < -0.4 is 14.2 Å². The average molecular weight is 607 g/mol. The zero-order valence-electron chi connectivity index (χ0n) is 26.1. The van der Waals surface area contributed by atoms with Crippen LogP contribution in [0.15, 0.2) is 106 Å². The van der Waals surface area contributed by atoms with Gasteiger partial charge in [0.1, 0.15) is 11.5 Å². The van der Waals surface area contributed by atoms with Gasteiger partial charge in [-0.15, -0.1) is 11.8 Å². The van der Waals surface area contributed by atoms with Gasteiger partial charge >= 0.3 is 0 Å². The number of nitrogens with zero attached hydrogens (tertiary/aromatic N) is 1. The first-order chi connectivity index (χ1) is 20.4. The van der Waals surface area contributed by atoms with Crippen LogP contribution in [0.5, 0.6) is 11.5 Å². The molecule has 0 aromatic heterocycles. The SMILES string of the molecule is CC.CC/C(=C\C=C(C)C)CN(CCSc1ccccc1)Cc1ccc(SNC(=O)c2cc(OC)cc(OC)c2)cc1. The van der Waals surface area contributed by atoms with E-state index in [9.17, 15) is 4.79 Å². The number of nitrogens with one attached hydrogen (secondary N) is 1. The highest BCUT2D eigenvalue weighted by atomic mass is 32.2. The van der Waals surface area contributed by atoms with E-state index in [0.717, 1.165) is 36.7 Å². The highest BCUT2D eigenvalue weighted by Gasteiger charge is 2.12. The normalized spacial score (nSPS) is 10.9. The summed E-state index contributed by atoms with van der Waals surface area (Å²) in [7, 11) is 3.14. The smallest absolute Gasteiger partial charge is 0.261 e. The summed E-state index contributed by atoms with van der Waals surface area (Å²) >= 11 is 3.19. The number of ether oxygens (including phenoxy) is 2. The van der Waals surface area contributed by atoms with Gasteiger partial charge in [-0.2, -0.15) is 0 Å². The van der Waals surface area contributed by atoms with Crippen molar-refractivity contribution in [3.8, 4) is 11.5 Å². The molecule has 3 aromatic carbocycles. The van der Waals surface area contributed by atoms with E-state index >= 15 is 0 Å². The summed E-state index contributed by atoms with van der Waals surface area (Å²) in [5.74, 6) is 1.97. The number of carbonyl (C=O) groups excluding carboxylic acids is 1. The Morgan fingerprint density at radius 1 is 0.881 bits per heavy atom. The molecule has 0 saturated carbocycles. The number of thioether (sulfide) groups is 1. The van der Waals surface area contributed by atoms with E-state index in [2.05, 4.69) is 97.1 Å². The molecule has 42 heavy (non-hydrogen) atoms. The van der Waals surface area contributed by atoms with E-state index in [1.54, 1.807) is 32.4 Å². The highest BCUT2D eigenvalue weighted by molar-refractivity contribution is 7.99. The Morgan fingerprint density at radius 3 is 2.10 bits per heavy atom. The van der Waals surface area contributed by atoms with Gasteiger partial charge in [-0.1, -0.05) is 74.4 Å². The standard InChI is InChI=1S/C33H40N2O3S2.C2H6/c1-6-26(13-12-25(2)3)23-35(18-19-39-31-10-8-7-9-11-31)24-27-14-16-32(17-15-27)40-34-33(36)28-20-29(37-4)22-30(21-28)38-5;1-2/h7-17,20-22H,6,18-19,23-24H2,1-5H3,(H,34,36);1-2H3/b26-13+;. The Hall–Kier alpha value is -3.13. The van der Waals surface area contributed by atoms with Gasteiger partial charge in [0.2, 0.25) is 0 Å². The van der Waals surface area contributed by atoms with E-state index in [-0.39, 0.29) is 5.91 Å². The minimum Gasteiger partial charge on any atom is -0.497 e. The minimum absolute atomic E-state index is 0.205. The largest absolute Gasteiger partial charge is 0.497 e. The predicted molar refractivity (Wildman–Crippen MR) is 181 cm³/mol. The van der Waals surface area contributed by atoms with Crippen molar-refractivity contribution in [3.63, 3.8) is 0 Å². The summed E-state index contributed by atoms with van der Waals surface area (Å²) in [5.41, 5.74) is 4.46. The molecule has 0 atom stereocenters. The zero-order valence-corrected chi connectivity index (χ0v) is 27.7. The number of hydrogen-bond donors (Lipinski definition) is 1. The first-order valence-electron chi connectivity index (χ1n) is 14.4. The van der Waals surface area contributed by atoms with Crippen LogP contribution in [0.1, 0.15) is 57.0 Å². The fraction of sp³-hybridized carbons (Fsp3) is 0.343. The lowest BCUT2D eigenvalue weighted by atomic mass is 10.1. The van der Waals surface area contributed by atoms with Gasteiger partial charge in [-0.25, -0.2) is 0 Å². The zero-order chi connectivity index (χ0) is 30.7. The number of benzene rings is 3. The summed E-state index contributed by atoms with van der Waals surface area (Å²) in [4.78, 5) is 17.5. The third kappa shape index (κ3) is 12.8. The molecule has 1 amide bonds. The van der Waals surface area contributed by atoms with E-state index in [4.69, 9.17) is 9.47 Å². The summed E-state index contributed by atoms with van der Waals surface area (Å²) in [6.07, 6.45) is 5.51. The fourth-order valence-corrected chi connectivity index (χ4v) is 5.44. The van der Waals surface area contributed by atoms with Crippen molar-refractivity contribution in [1.29, 1.82) is 0 Å². The van der Waals surface area contributed by atoms with Crippen LogP contribution in [0.25, 0.3) is 0 Å². The lowest BCUT2D eigenvalue weighted by Gasteiger charge is -2.24. The molecule has 3 aromatic rings. The second-order valence-corrected chi connectivity index (χ2v) is 11.6. The lowest BCUT2D eigenvalue weighted by Crippen LogP contribution is -2.28. The molecule has 1 N–H and O–H groups in total. The molecule has 0 heterocycles. The van der Waals surface area contributed by atoms with Crippen molar-refractivity contribution < 1.29 is 14.3 Å². The summed E-state index contributed by atoms with van der Waals surface area (Å²) in [5, 5.41) is 0. The Bertz CT molecular complexity index is 1250. The van der Waals surface area contributed by atoms with Gasteiger partial charge in [0.05, 0.1) is 14.2 Å². The predicted octanol–water partition coefficient (Wildman–Crippen LogP) is 9.06. The molecule has 0 spiro atoms. The molecule has 0 radical (unpaired) electrons. The number of hydrogen-bond acceptors (Lipinski definition) is 6. The maximum absolute atomic E-state index is 12.7. The number of rotatable bonds is 15.